The molecule has 0 radical (unpaired) electrons. The number of nitrogens with zero attached hydrogens (tertiary/aromatic N) is 1. The molecule has 0 aliphatic heterocycles. The zero-order valence-electron chi connectivity index (χ0n) is 22.9. The van der Waals surface area contributed by atoms with E-state index in [1.165, 1.54) is 66.8 Å². The van der Waals surface area contributed by atoms with Crippen LogP contribution in [0.5, 0.6) is 0 Å². The molecule has 0 N–H and O–H groups in total. The maximum absolute atomic E-state index is 10.1. The Morgan fingerprint density at radius 1 is 0.333 bits per heavy atom. The summed E-state index contributed by atoms with van der Waals surface area (Å²) in [5.74, 6) is 0. The average Bonchev–Trinajstić information content (AvgIpc) is 3.40. The molecule has 0 bridgehead atoms. The van der Waals surface area contributed by atoms with Crippen LogP contribution < -0.4 is 0 Å². The van der Waals surface area contributed by atoms with Crippen molar-refractivity contribution in [2.45, 2.75) is 0 Å². The fourth-order valence-electron chi connectivity index (χ4n) is 6.78. The number of hydrogen-bond acceptors (Lipinski definition) is 1. The van der Waals surface area contributed by atoms with Crippen molar-refractivity contribution < 1.29 is 0 Å². The summed E-state index contributed by atoms with van der Waals surface area (Å²) in [5, 5.41) is 12.2. The van der Waals surface area contributed by atoms with Gasteiger partial charge in [0.15, 0.2) is 0 Å². The van der Waals surface area contributed by atoms with Gasteiger partial charge in [-0.3, -0.25) is 0 Å². The van der Waals surface area contributed by atoms with Crippen LogP contribution in [-0.4, -0.2) is 0 Å². The van der Waals surface area contributed by atoms with Crippen molar-refractivity contribution in [1.82, 2.24) is 0 Å². The molecule has 1 aliphatic carbocycles. The standard InChI is InChI=1S/C41H25N/c42-26-31-24-25-34-39-32(31)22-13-23-33(39)40-37(29-18-9-3-10-19-29)35(27-14-5-1-6-15-27)36(28-16-7-2-8-17-28)38(41(34)40)30-20-11-4-12-21-30/h1-25H. The highest BCUT2D eigenvalue weighted by atomic mass is 14.4. The Hall–Kier alpha value is -5.71. The molecule has 0 saturated heterocycles. The normalized spacial score (nSPS) is 11.3. The zero-order valence-corrected chi connectivity index (χ0v) is 22.9. The molecule has 0 atom stereocenters. The summed E-state index contributed by atoms with van der Waals surface area (Å²) < 4.78 is 0. The molecule has 194 valence electrons. The second-order valence-electron chi connectivity index (χ2n) is 10.7. The van der Waals surface area contributed by atoms with Gasteiger partial charge in [0.2, 0.25) is 0 Å². The molecule has 0 spiro atoms. The molecule has 1 nitrogen and oxygen atoms in total. The highest BCUT2D eigenvalue weighted by Crippen LogP contribution is 2.60. The smallest absolute Gasteiger partial charge is 0.0998 e. The van der Waals surface area contributed by atoms with Gasteiger partial charge < -0.3 is 0 Å². The van der Waals surface area contributed by atoms with Gasteiger partial charge in [-0.25, -0.2) is 0 Å². The lowest BCUT2D eigenvalue weighted by Gasteiger charge is -2.26. The molecule has 0 fully saturated rings. The van der Waals surface area contributed by atoms with Crippen molar-refractivity contribution in [3.63, 3.8) is 0 Å². The topological polar surface area (TPSA) is 23.8 Å². The van der Waals surface area contributed by atoms with Gasteiger partial charge >= 0.3 is 0 Å². The van der Waals surface area contributed by atoms with E-state index in [1.807, 2.05) is 6.07 Å². The number of hydrogen-bond donors (Lipinski definition) is 0. The molecular formula is C41H25N. The maximum Gasteiger partial charge on any atom is 0.0998 e. The van der Waals surface area contributed by atoms with Gasteiger partial charge in [0.05, 0.1) is 11.6 Å². The lowest BCUT2D eigenvalue weighted by molar-refractivity contribution is 1.50. The highest BCUT2D eigenvalue weighted by Gasteiger charge is 2.33. The molecule has 1 aliphatic rings. The van der Waals surface area contributed by atoms with Crippen molar-refractivity contribution in [2.24, 2.45) is 0 Å². The van der Waals surface area contributed by atoms with Crippen LogP contribution in [0.15, 0.2) is 152 Å². The van der Waals surface area contributed by atoms with E-state index in [-0.39, 0.29) is 0 Å². The van der Waals surface area contributed by atoms with E-state index in [1.54, 1.807) is 0 Å². The first kappa shape index (κ1) is 24.1. The van der Waals surface area contributed by atoms with Crippen molar-refractivity contribution in [2.75, 3.05) is 0 Å². The summed E-state index contributed by atoms with van der Waals surface area (Å²) in [7, 11) is 0. The van der Waals surface area contributed by atoms with E-state index >= 15 is 0 Å². The number of fused-ring (bicyclic) bond motifs is 3. The average molecular weight is 532 g/mol. The summed E-state index contributed by atoms with van der Waals surface area (Å²) >= 11 is 0. The van der Waals surface area contributed by atoms with E-state index in [0.29, 0.717) is 5.56 Å². The van der Waals surface area contributed by atoms with Gasteiger partial charge in [-0.05, 0) is 78.2 Å². The predicted molar refractivity (Wildman–Crippen MR) is 175 cm³/mol. The van der Waals surface area contributed by atoms with E-state index in [0.717, 1.165) is 10.8 Å². The molecule has 0 amide bonds. The molecule has 42 heavy (non-hydrogen) atoms. The first-order chi connectivity index (χ1) is 20.8. The van der Waals surface area contributed by atoms with Gasteiger partial charge in [0, 0.05) is 5.39 Å². The second-order valence-corrected chi connectivity index (χ2v) is 10.7. The fraction of sp³-hybridized carbons (Fsp3) is 0. The largest absolute Gasteiger partial charge is 0.192 e. The summed E-state index contributed by atoms with van der Waals surface area (Å²) in [5.41, 5.74) is 15.1. The molecule has 0 heterocycles. The fourth-order valence-corrected chi connectivity index (χ4v) is 6.78. The molecule has 7 aromatic carbocycles. The Kier molecular flexibility index (Phi) is 5.59. The number of rotatable bonds is 4. The van der Waals surface area contributed by atoms with Crippen molar-refractivity contribution in [1.29, 1.82) is 5.26 Å². The minimum absolute atomic E-state index is 0.706. The third-order valence-electron chi connectivity index (χ3n) is 8.45. The predicted octanol–water partition coefficient (Wildman–Crippen LogP) is 11.0. The molecular weight excluding hydrogens is 506 g/mol. The second kappa shape index (κ2) is 9.73. The molecule has 8 rings (SSSR count). The van der Waals surface area contributed by atoms with Crippen molar-refractivity contribution >= 4 is 10.8 Å². The highest BCUT2D eigenvalue weighted by molar-refractivity contribution is 6.26. The van der Waals surface area contributed by atoms with Gasteiger partial charge in [0.1, 0.15) is 0 Å². The first-order valence-electron chi connectivity index (χ1n) is 14.3. The third kappa shape index (κ3) is 3.56. The van der Waals surface area contributed by atoms with E-state index in [9.17, 15) is 5.26 Å². The maximum atomic E-state index is 10.1. The lowest BCUT2D eigenvalue weighted by atomic mass is 9.76. The van der Waals surface area contributed by atoms with Crippen LogP contribution in [0, 0.1) is 11.3 Å². The van der Waals surface area contributed by atoms with Crippen LogP contribution in [0.4, 0.5) is 0 Å². The first-order valence-corrected chi connectivity index (χ1v) is 14.3. The molecule has 7 aromatic rings. The Bertz CT molecular complexity index is 2040. The Balaban J connectivity index is 1.69. The van der Waals surface area contributed by atoms with E-state index in [2.05, 4.69) is 152 Å². The minimum Gasteiger partial charge on any atom is -0.192 e. The number of benzene rings is 7. The molecule has 0 saturated carbocycles. The molecule has 1 heteroatoms. The lowest BCUT2D eigenvalue weighted by Crippen LogP contribution is -1.99. The SMILES string of the molecule is N#Cc1ccc2c3c(cccc13)-c1c(-c3ccccc3)c(-c3ccccc3)c(-c3ccccc3)c(-c3ccccc3)c1-2. The van der Waals surface area contributed by atoms with Crippen molar-refractivity contribution in [3.8, 4) is 72.8 Å². The van der Waals surface area contributed by atoms with Crippen LogP contribution >= 0.6 is 0 Å². The van der Waals surface area contributed by atoms with Crippen LogP contribution in [-0.2, 0) is 0 Å². The van der Waals surface area contributed by atoms with Gasteiger partial charge in [-0.1, -0.05) is 146 Å². The quantitative estimate of drug-likeness (QED) is 0.222. The van der Waals surface area contributed by atoms with E-state index < -0.39 is 0 Å². The van der Waals surface area contributed by atoms with Crippen LogP contribution in [0.1, 0.15) is 5.56 Å². The molecule has 0 aromatic heterocycles. The number of nitriles is 1. The Labute approximate surface area is 245 Å². The summed E-state index contributed by atoms with van der Waals surface area (Å²) in [6.07, 6.45) is 0. The minimum atomic E-state index is 0.706. The van der Waals surface area contributed by atoms with Crippen LogP contribution in [0.25, 0.3) is 77.5 Å². The summed E-state index contributed by atoms with van der Waals surface area (Å²) in [6, 6.07) is 56.2. The molecule has 0 unspecified atom stereocenters. The van der Waals surface area contributed by atoms with Crippen LogP contribution in [0.2, 0.25) is 0 Å². The zero-order chi connectivity index (χ0) is 28.0. The van der Waals surface area contributed by atoms with Gasteiger partial charge in [-0.2, -0.15) is 5.26 Å². The van der Waals surface area contributed by atoms with E-state index in [4.69, 9.17) is 0 Å². The van der Waals surface area contributed by atoms with Gasteiger partial charge in [-0.15, -0.1) is 0 Å². The third-order valence-corrected chi connectivity index (χ3v) is 8.45. The summed E-state index contributed by atoms with van der Waals surface area (Å²) in [6.45, 7) is 0. The Morgan fingerprint density at radius 3 is 1.12 bits per heavy atom. The van der Waals surface area contributed by atoms with Crippen LogP contribution in [0.3, 0.4) is 0 Å². The Morgan fingerprint density at radius 2 is 0.714 bits per heavy atom. The van der Waals surface area contributed by atoms with Gasteiger partial charge in [0.25, 0.3) is 0 Å². The monoisotopic (exact) mass is 531 g/mol. The summed E-state index contributed by atoms with van der Waals surface area (Å²) in [4.78, 5) is 0. The van der Waals surface area contributed by atoms with Crippen molar-refractivity contribution in [3.05, 3.63) is 157 Å².